The molecule has 4 nitrogen and oxygen atoms in total. The van der Waals surface area contributed by atoms with Gasteiger partial charge in [0.1, 0.15) is 0 Å². The molecule has 0 fully saturated rings. The van der Waals surface area contributed by atoms with E-state index in [9.17, 15) is 4.79 Å². The van der Waals surface area contributed by atoms with E-state index in [-0.39, 0.29) is 11.9 Å². The van der Waals surface area contributed by atoms with Crippen molar-refractivity contribution in [2.75, 3.05) is 16.8 Å². The van der Waals surface area contributed by atoms with E-state index >= 15 is 0 Å². The molecule has 1 heterocycles. The zero-order chi connectivity index (χ0) is 12.4. The third-order valence-corrected chi connectivity index (χ3v) is 3.00. The van der Waals surface area contributed by atoms with Crippen molar-refractivity contribution in [3.8, 4) is 0 Å². The summed E-state index contributed by atoms with van der Waals surface area (Å²) in [6.45, 7) is 2.37. The molecule has 1 aromatic rings. The van der Waals surface area contributed by atoms with Gasteiger partial charge in [0, 0.05) is 12.5 Å². The summed E-state index contributed by atoms with van der Waals surface area (Å²) >= 11 is 4.92. The van der Waals surface area contributed by atoms with E-state index in [2.05, 4.69) is 5.32 Å². The Labute approximate surface area is 106 Å². The highest BCUT2D eigenvalue weighted by Crippen LogP contribution is 2.30. The van der Waals surface area contributed by atoms with Crippen LogP contribution in [0.5, 0.6) is 0 Å². The second kappa shape index (κ2) is 4.71. The smallest absolute Gasteiger partial charge is 0.243 e. The number of fused-ring (bicyclic) bond motifs is 1. The van der Waals surface area contributed by atoms with Gasteiger partial charge in [-0.15, -0.1) is 0 Å². The van der Waals surface area contributed by atoms with Crippen LogP contribution in [0.15, 0.2) is 24.3 Å². The van der Waals surface area contributed by atoms with Gasteiger partial charge in [-0.1, -0.05) is 24.4 Å². The predicted molar refractivity (Wildman–Crippen MR) is 73.3 cm³/mol. The fraction of sp³-hybridized carbons (Fsp3) is 0.333. The van der Waals surface area contributed by atoms with Crippen LogP contribution in [-0.2, 0) is 4.79 Å². The lowest BCUT2D eigenvalue weighted by Gasteiger charge is -2.35. The first-order valence-corrected chi connectivity index (χ1v) is 5.92. The largest absolute Gasteiger partial charge is 0.393 e. The van der Waals surface area contributed by atoms with Crippen molar-refractivity contribution in [2.24, 2.45) is 5.73 Å². The number of carbonyl (C=O) groups excluding carboxylic acids is 1. The van der Waals surface area contributed by atoms with Gasteiger partial charge < -0.3 is 16.0 Å². The molecule has 1 amide bonds. The van der Waals surface area contributed by atoms with Gasteiger partial charge in [0.05, 0.1) is 22.9 Å². The molecule has 0 radical (unpaired) electrons. The van der Waals surface area contributed by atoms with Crippen molar-refractivity contribution in [3.05, 3.63) is 24.3 Å². The molecule has 17 heavy (non-hydrogen) atoms. The van der Waals surface area contributed by atoms with E-state index in [0.717, 1.165) is 11.4 Å². The SMILES string of the molecule is CC(CC(N)=S)N1CC(=O)Nc2ccccc21. The maximum absolute atomic E-state index is 11.6. The normalized spacial score (nSPS) is 16.1. The summed E-state index contributed by atoms with van der Waals surface area (Å²) in [6, 6.07) is 7.87. The van der Waals surface area contributed by atoms with Crippen LogP contribution in [0.25, 0.3) is 0 Å². The summed E-state index contributed by atoms with van der Waals surface area (Å²) in [4.78, 5) is 14.1. The molecule has 90 valence electrons. The van der Waals surface area contributed by atoms with Gasteiger partial charge >= 0.3 is 0 Å². The summed E-state index contributed by atoms with van der Waals surface area (Å²) in [5.74, 6) is -0.00140. The molecule has 0 spiro atoms. The summed E-state index contributed by atoms with van der Waals surface area (Å²) in [5.41, 5.74) is 7.43. The Kier molecular flexibility index (Phi) is 3.28. The molecule has 0 aromatic heterocycles. The van der Waals surface area contributed by atoms with Gasteiger partial charge in [-0.05, 0) is 19.1 Å². The first-order chi connectivity index (χ1) is 8.08. The number of para-hydroxylation sites is 2. The fourth-order valence-corrected chi connectivity index (χ4v) is 2.30. The number of anilines is 2. The Morgan fingerprint density at radius 2 is 2.29 bits per heavy atom. The fourth-order valence-electron chi connectivity index (χ4n) is 2.05. The van der Waals surface area contributed by atoms with E-state index in [1.54, 1.807) is 0 Å². The number of carbonyl (C=O) groups is 1. The van der Waals surface area contributed by atoms with Crippen molar-refractivity contribution < 1.29 is 4.79 Å². The molecule has 1 unspecified atom stereocenters. The molecule has 3 N–H and O–H groups in total. The lowest BCUT2D eigenvalue weighted by Crippen LogP contribution is -2.44. The Hall–Kier alpha value is -1.62. The molecular formula is C12H15N3OS. The van der Waals surface area contributed by atoms with Crippen LogP contribution in [0, 0.1) is 0 Å². The monoisotopic (exact) mass is 249 g/mol. The summed E-state index contributed by atoms with van der Waals surface area (Å²) in [7, 11) is 0. The maximum atomic E-state index is 11.6. The molecule has 0 aliphatic carbocycles. The quantitative estimate of drug-likeness (QED) is 0.797. The second-order valence-corrected chi connectivity index (χ2v) is 4.74. The zero-order valence-electron chi connectivity index (χ0n) is 9.64. The maximum Gasteiger partial charge on any atom is 0.243 e. The molecule has 0 bridgehead atoms. The lowest BCUT2D eigenvalue weighted by atomic mass is 10.1. The number of nitrogens with two attached hydrogens (primary N) is 1. The molecule has 2 rings (SSSR count). The van der Waals surface area contributed by atoms with Gasteiger partial charge in [-0.25, -0.2) is 0 Å². The van der Waals surface area contributed by atoms with E-state index in [4.69, 9.17) is 18.0 Å². The number of benzene rings is 1. The first-order valence-electron chi connectivity index (χ1n) is 5.52. The zero-order valence-corrected chi connectivity index (χ0v) is 10.5. The van der Waals surface area contributed by atoms with E-state index in [1.807, 2.05) is 36.1 Å². The van der Waals surface area contributed by atoms with Crippen molar-refractivity contribution in [1.82, 2.24) is 0 Å². The number of amides is 1. The van der Waals surface area contributed by atoms with Crippen LogP contribution in [0.4, 0.5) is 11.4 Å². The number of thiocarbonyl (C=S) groups is 1. The van der Waals surface area contributed by atoms with Crippen LogP contribution in [0.3, 0.4) is 0 Å². The van der Waals surface area contributed by atoms with E-state index < -0.39 is 0 Å². The van der Waals surface area contributed by atoms with Crippen LogP contribution in [0.1, 0.15) is 13.3 Å². The van der Waals surface area contributed by atoms with Crippen molar-refractivity contribution in [3.63, 3.8) is 0 Å². The molecule has 5 heteroatoms. The van der Waals surface area contributed by atoms with Crippen molar-refractivity contribution in [2.45, 2.75) is 19.4 Å². The van der Waals surface area contributed by atoms with Gasteiger partial charge in [-0.2, -0.15) is 0 Å². The van der Waals surface area contributed by atoms with Crippen molar-refractivity contribution >= 4 is 34.5 Å². The van der Waals surface area contributed by atoms with E-state index in [1.165, 1.54) is 0 Å². The number of hydrogen-bond acceptors (Lipinski definition) is 3. The minimum Gasteiger partial charge on any atom is -0.393 e. The highest BCUT2D eigenvalue weighted by atomic mass is 32.1. The van der Waals surface area contributed by atoms with Crippen LogP contribution in [-0.4, -0.2) is 23.5 Å². The summed E-state index contributed by atoms with van der Waals surface area (Å²) in [6.07, 6.45) is 0.608. The van der Waals surface area contributed by atoms with Gasteiger partial charge in [0.2, 0.25) is 5.91 Å². The standard InChI is InChI=1S/C12H15N3OS/c1-8(6-11(13)17)15-7-12(16)14-9-4-2-3-5-10(9)15/h2-5,8H,6-7H2,1H3,(H2,13,17)(H,14,16). The van der Waals surface area contributed by atoms with Gasteiger partial charge in [-0.3, -0.25) is 4.79 Å². The highest BCUT2D eigenvalue weighted by Gasteiger charge is 2.25. The Balaban J connectivity index is 2.29. The number of hydrogen-bond donors (Lipinski definition) is 2. The average molecular weight is 249 g/mol. The number of nitrogens with zero attached hydrogens (tertiary/aromatic N) is 1. The molecule has 1 atom stereocenters. The molecule has 0 saturated carbocycles. The van der Waals surface area contributed by atoms with Crippen LogP contribution < -0.4 is 16.0 Å². The van der Waals surface area contributed by atoms with Crippen LogP contribution >= 0.6 is 12.2 Å². The third-order valence-electron chi connectivity index (χ3n) is 2.83. The van der Waals surface area contributed by atoms with Gasteiger partial charge in [0.15, 0.2) is 0 Å². The molecule has 0 saturated heterocycles. The number of nitrogens with one attached hydrogen (secondary N) is 1. The number of rotatable bonds is 3. The highest BCUT2D eigenvalue weighted by molar-refractivity contribution is 7.80. The Morgan fingerprint density at radius 1 is 1.59 bits per heavy atom. The third kappa shape index (κ3) is 2.55. The molecular weight excluding hydrogens is 234 g/mol. The molecule has 1 aliphatic rings. The summed E-state index contributed by atoms with van der Waals surface area (Å²) in [5, 5.41) is 2.85. The lowest BCUT2D eigenvalue weighted by molar-refractivity contribution is -0.115. The Bertz CT molecular complexity index is 461. The summed E-state index contributed by atoms with van der Waals surface area (Å²) < 4.78 is 0. The van der Waals surface area contributed by atoms with Crippen LogP contribution in [0.2, 0.25) is 0 Å². The molecule has 1 aromatic carbocycles. The second-order valence-electron chi connectivity index (χ2n) is 4.21. The minimum absolute atomic E-state index is 0.00140. The predicted octanol–water partition coefficient (Wildman–Crippen LogP) is 1.51. The first kappa shape index (κ1) is 11.9. The van der Waals surface area contributed by atoms with Crippen molar-refractivity contribution in [1.29, 1.82) is 0 Å². The Morgan fingerprint density at radius 3 is 3.00 bits per heavy atom. The minimum atomic E-state index is -0.00140. The van der Waals surface area contributed by atoms with Gasteiger partial charge in [0.25, 0.3) is 0 Å². The molecule has 1 aliphatic heterocycles. The topological polar surface area (TPSA) is 58.4 Å². The average Bonchev–Trinajstić information content (AvgIpc) is 2.26. The van der Waals surface area contributed by atoms with E-state index in [0.29, 0.717) is 18.0 Å².